The second-order valence-electron chi connectivity index (χ2n) is 9.62. The average molecular weight is 503 g/mol. The summed E-state index contributed by atoms with van der Waals surface area (Å²) >= 11 is 2.42. The van der Waals surface area contributed by atoms with Crippen LogP contribution in [0.4, 0.5) is 0 Å². The minimum absolute atomic E-state index is 0.0905. The van der Waals surface area contributed by atoms with Gasteiger partial charge in [-0.1, -0.05) is 97.6 Å². The molecule has 0 radical (unpaired) electrons. The van der Waals surface area contributed by atoms with Crippen LogP contribution in [-0.2, 0) is 6.42 Å². The summed E-state index contributed by atoms with van der Waals surface area (Å²) in [6, 6.07) is 6.84. The lowest BCUT2D eigenvalue weighted by Crippen LogP contribution is -2.07. The van der Waals surface area contributed by atoms with Crippen LogP contribution in [0.15, 0.2) is 72.4 Å². The van der Waals surface area contributed by atoms with Gasteiger partial charge in [-0.25, -0.2) is 0 Å². The van der Waals surface area contributed by atoms with E-state index < -0.39 is 0 Å². The Labute approximate surface area is 193 Å². The lowest BCUT2D eigenvalue weighted by atomic mass is 9.85. The first kappa shape index (κ1) is 25.7. The summed E-state index contributed by atoms with van der Waals surface area (Å²) in [4.78, 5) is 0. The second-order valence-corrected chi connectivity index (χ2v) is 10.9. The summed E-state index contributed by atoms with van der Waals surface area (Å²) in [5.41, 5.74) is 6.66. The maximum absolute atomic E-state index is 4.22. The van der Waals surface area contributed by atoms with E-state index in [-0.39, 0.29) is 10.8 Å². The Hall–Kier alpha value is -1.35. The van der Waals surface area contributed by atoms with Gasteiger partial charge in [0, 0.05) is 3.57 Å². The van der Waals surface area contributed by atoms with Gasteiger partial charge < -0.3 is 0 Å². The standard InChI is InChI=1S/C28H39I/c1-10-13-25(28(7,8)9)15-12-14-22-18-24(20-26(29)19-22)23(11-2)17-16-21(3)27(4,5)6/h11-13,15-20H,3,10,14H2,1-2,4-9H3/b15-12-,17-16-,23-11+,25-13+. The SMILES string of the molecule is C=C(/C=C\C(=C/C)c1cc(I)cc(C/C=C\C(=C/CC)C(C)(C)C)c1)C(C)(C)C. The zero-order valence-electron chi connectivity index (χ0n) is 19.7. The van der Waals surface area contributed by atoms with E-state index in [4.69, 9.17) is 0 Å². The molecule has 0 saturated carbocycles. The molecule has 0 bridgehead atoms. The van der Waals surface area contributed by atoms with Crippen LogP contribution in [0.25, 0.3) is 5.57 Å². The molecule has 0 aliphatic rings. The molecule has 1 heteroatoms. The molecule has 29 heavy (non-hydrogen) atoms. The van der Waals surface area contributed by atoms with Crippen molar-refractivity contribution in [2.24, 2.45) is 10.8 Å². The number of rotatable bonds is 7. The van der Waals surface area contributed by atoms with E-state index in [1.807, 2.05) is 0 Å². The fraction of sp³-hybridized carbons (Fsp3) is 0.429. The molecule has 0 heterocycles. The van der Waals surface area contributed by atoms with Crippen LogP contribution >= 0.6 is 22.6 Å². The van der Waals surface area contributed by atoms with Crippen LogP contribution in [0.5, 0.6) is 0 Å². The molecule has 0 fully saturated rings. The predicted molar refractivity (Wildman–Crippen MR) is 141 cm³/mol. The Kier molecular flexibility index (Phi) is 9.88. The van der Waals surface area contributed by atoms with E-state index in [1.165, 1.54) is 25.8 Å². The Morgan fingerprint density at radius 3 is 2.14 bits per heavy atom. The first-order valence-electron chi connectivity index (χ1n) is 10.6. The molecular formula is C28H39I. The molecule has 1 aromatic rings. The van der Waals surface area contributed by atoms with Crippen molar-refractivity contribution in [3.8, 4) is 0 Å². The van der Waals surface area contributed by atoms with Gasteiger partial charge in [-0.15, -0.1) is 0 Å². The normalized spacial score (nSPS) is 14.2. The third-order valence-electron chi connectivity index (χ3n) is 4.97. The molecule has 0 aromatic heterocycles. The first-order valence-corrected chi connectivity index (χ1v) is 11.7. The Bertz CT molecular complexity index is 815. The topological polar surface area (TPSA) is 0 Å². The van der Waals surface area contributed by atoms with E-state index >= 15 is 0 Å². The van der Waals surface area contributed by atoms with Gasteiger partial charge in [0.25, 0.3) is 0 Å². The fourth-order valence-electron chi connectivity index (χ4n) is 2.90. The monoisotopic (exact) mass is 502 g/mol. The summed E-state index contributed by atoms with van der Waals surface area (Å²) < 4.78 is 1.27. The lowest BCUT2D eigenvalue weighted by molar-refractivity contribution is 0.514. The Balaban J connectivity index is 3.09. The van der Waals surface area contributed by atoms with Crippen LogP contribution in [0.1, 0.15) is 72.9 Å². The number of benzene rings is 1. The zero-order chi connectivity index (χ0) is 22.2. The summed E-state index contributed by atoms with van der Waals surface area (Å²) in [6.45, 7) is 21.9. The third kappa shape index (κ3) is 8.90. The van der Waals surface area contributed by atoms with Crippen molar-refractivity contribution in [2.45, 2.75) is 68.2 Å². The van der Waals surface area contributed by atoms with Crippen LogP contribution in [-0.4, -0.2) is 0 Å². The van der Waals surface area contributed by atoms with Crippen molar-refractivity contribution in [3.05, 3.63) is 87.1 Å². The molecule has 0 nitrogen and oxygen atoms in total. The second kappa shape index (κ2) is 11.2. The molecule has 0 spiro atoms. The maximum atomic E-state index is 4.22. The molecule has 0 aliphatic carbocycles. The van der Waals surface area contributed by atoms with Gasteiger partial charge in [-0.2, -0.15) is 0 Å². The van der Waals surface area contributed by atoms with Gasteiger partial charge in [0.05, 0.1) is 0 Å². The highest BCUT2D eigenvalue weighted by molar-refractivity contribution is 14.1. The number of allylic oxidation sites excluding steroid dienone is 9. The summed E-state index contributed by atoms with van der Waals surface area (Å²) in [5, 5.41) is 0. The molecular weight excluding hydrogens is 463 g/mol. The van der Waals surface area contributed by atoms with E-state index in [0.717, 1.165) is 18.4 Å². The highest BCUT2D eigenvalue weighted by Gasteiger charge is 2.14. The van der Waals surface area contributed by atoms with Crippen LogP contribution in [0.2, 0.25) is 0 Å². The number of hydrogen-bond donors (Lipinski definition) is 0. The minimum atomic E-state index is 0.0905. The molecule has 1 aromatic carbocycles. The van der Waals surface area contributed by atoms with Crippen LogP contribution < -0.4 is 0 Å². The molecule has 158 valence electrons. The van der Waals surface area contributed by atoms with Crippen molar-refractivity contribution in [2.75, 3.05) is 0 Å². The van der Waals surface area contributed by atoms with E-state index in [2.05, 4.69) is 139 Å². The molecule has 1 rings (SSSR count). The zero-order valence-corrected chi connectivity index (χ0v) is 21.9. The minimum Gasteiger partial charge on any atom is -0.0953 e. The van der Waals surface area contributed by atoms with Gasteiger partial charge >= 0.3 is 0 Å². The van der Waals surface area contributed by atoms with Crippen LogP contribution in [0, 0.1) is 14.4 Å². The maximum Gasteiger partial charge on any atom is 0.0139 e. The Morgan fingerprint density at radius 1 is 0.966 bits per heavy atom. The van der Waals surface area contributed by atoms with E-state index in [0.29, 0.717) is 0 Å². The van der Waals surface area contributed by atoms with Crippen molar-refractivity contribution in [1.29, 1.82) is 0 Å². The third-order valence-corrected chi connectivity index (χ3v) is 5.59. The molecule has 0 amide bonds. The molecule has 0 atom stereocenters. The summed E-state index contributed by atoms with van der Waals surface area (Å²) in [6.07, 6.45) is 15.5. The molecule has 0 aliphatic heterocycles. The predicted octanol–water partition coefficient (Wildman–Crippen LogP) is 9.33. The van der Waals surface area contributed by atoms with Gasteiger partial charge in [-0.05, 0) is 93.2 Å². The number of halogens is 1. The fourth-order valence-corrected chi connectivity index (χ4v) is 3.64. The number of hydrogen-bond acceptors (Lipinski definition) is 0. The smallest absolute Gasteiger partial charge is 0.0139 e. The largest absolute Gasteiger partial charge is 0.0953 e. The summed E-state index contributed by atoms with van der Waals surface area (Å²) in [5.74, 6) is 0. The van der Waals surface area contributed by atoms with Crippen LogP contribution in [0.3, 0.4) is 0 Å². The molecule has 0 unspecified atom stereocenters. The highest BCUT2D eigenvalue weighted by atomic mass is 127. The van der Waals surface area contributed by atoms with Gasteiger partial charge in [-0.3, -0.25) is 0 Å². The lowest BCUT2D eigenvalue weighted by Gasteiger charge is -2.20. The van der Waals surface area contributed by atoms with Crippen molar-refractivity contribution < 1.29 is 0 Å². The van der Waals surface area contributed by atoms with Gasteiger partial charge in [0.1, 0.15) is 0 Å². The molecule has 0 saturated heterocycles. The first-order chi connectivity index (χ1) is 13.4. The summed E-state index contributed by atoms with van der Waals surface area (Å²) in [7, 11) is 0. The average Bonchev–Trinajstić information content (AvgIpc) is 2.59. The van der Waals surface area contributed by atoms with Gasteiger partial charge in [0.2, 0.25) is 0 Å². The van der Waals surface area contributed by atoms with E-state index in [9.17, 15) is 0 Å². The van der Waals surface area contributed by atoms with Crippen molar-refractivity contribution in [3.63, 3.8) is 0 Å². The Morgan fingerprint density at radius 2 is 1.62 bits per heavy atom. The van der Waals surface area contributed by atoms with E-state index in [1.54, 1.807) is 0 Å². The van der Waals surface area contributed by atoms with Gasteiger partial charge in [0.15, 0.2) is 0 Å². The van der Waals surface area contributed by atoms with Crippen molar-refractivity contribution >= 4 is 28.2 Å². The molecule has 0 N–H and O–H groups in total. The van der Waals surface area contributed by atoms with Crippen molar-refractivity contribution in [1.82, 2.24) is 0 Å². The quantitative estimate of drug-likeness (QED) is 0.257. The highest BCUT2D eigenvalue weighted by Crippen LogP contribution is 2.28.